The van der Waals surface area contributed by atoms with Crippen molar-refractivity contribution >= 4 is 0 Å². The van der Waals surface area contributed by atoms with Crippen molar-refractivity contribution in [2.24, 2.45) is 5.73 Å². The van der Waals surface area contributed by atoms with Gasteiger partial charge >= 0.3 is 0 Å². The van der Waals surface area contributed by atoms with Gasteiger partial charge in [-0.25, -0.2) is 13.8 Å². The third-order valence-corrected chi connectivity index (χ3v) is 2.97. The van der Waals surface area contributed by atoms with Gasteiger partial charge in [0.05, 0.1) is 12.2 Å². The number of oxazole rings is 1. The fourth-order valence-corrected chi connectivity index (χ4v) is 2.00. The van der Waals surface area contributed by atoms with Crippen molar-refractivity contribution in [3.63, 3.8) is 0 Å². The van der Waals surface area contributed by atoms with E-state index in [-0.39, 0.29) is 18.9 Å². The Balaban J connectivity index is 2.02. The third-order valence-electron chi connectivity index (χ3n) is 2.97. The molecule has 1 aromatic heterocycles. The summed E-state index contributed by atoms with van der Waals surface area (Å²) in [5.74, 6) is -1.88. The Morgan fingerprint density at radius 2 is 2.19 bits per heavy atom. The second-order valence-electron chi connectivity index (χ2n) is 4.05. The maximum Gasteiger partial charge on any atom is 0.250 e. The Bertz CT molecular complexity index is 319. The Labute approximate surface area is 92.4 Å². The lowest BCUT2D eigenvalue weighted by atomic mass is 10.0. The third kappa shape index (κ3) is 2.38. The highest BCUT2D eigenvalue weighted by atomic mass is 19.3. The monoisotopic (exact) mass is 231 g/mol. The normalized spacial score (nSPS) is 23.2. The summed E-state index contributed by atoms with van der Waals surface area (Å²) in [6, 6.07) is -0.140. The average molecular weight is 231 g/mol. The molecule has 1 fully saturated rings. The van der Waals surface area contributed by atoms with Crippen LogP contribution in [0.3, 0.4) is 0 Å². The van der Waals surface area contributed by atoms with E-state index >= 15 is 0 Å². The van der Waals surface area contributed by atoms with Gasteiger partial charge in [-0.2, -0.15) is 0 Å². The number of halogens is 2. The van der Waals surface area contributed by atoms with E-state index in [0.717, 1.165) is 0 Å². The zero-order valence-electron chi connectivity index (χ0n) is 8.90. The van der Waals surface area contributed by atoms with Crippen molar-refractivity contribution in [2.75, 3.05) is 19.6 Å². The molecule has 0 aromatic carbocycles. The quantitative estimate of drug-likeness (QED) is 0.854. The number of likely N-dealkylation sites (tertiary alicyclic amines) is 1. The zero-order valence-corrected chi connectivity index (χ0v) is 8.90. The molecule has 0 radical (unpaired) electrons. The molecule has 1 unspecified atom stereocenters. The summed E-state index contributed by atoms with van der Waals surface area (Å²) in [4.78, 5) is 5.75. The number of nitrogens with two attached hydrogens (primary N) is 1. The molecule has 0 spiro atoms. The molecule has 0 saturated carbocycles. The van der Waals surface area contributed by atoms with E-state index in [0.29, 0.717) is 25.4 Å². The van der Waals surface area contributed by atoms with Crippen molar-refractivity contribution in [1.29, 1.82) is 0 Å². The molecule has 0 amide bonds. The first-order chi connectivity index (χ1) is 7.62. The highest BCUT2D eigenvalue weighted by Crippen LogP contribution is 2.31. The molecule has 1 aliphatic heterocycles. The van der Waals surface area contributed by atoms with Gasteiger partial charge in [-0.3, -0.25) is 4.90 Å². The molecule has 1 aromatic rings. The van der Waals surface area contributed by atoms with Gasteiger partial charge in [0.25, 0.3) is 5.92 Å². The molecular weight excluding hydrogens is 216 g/mol. The molecule has 1 aliphatic rings. The van der Waals surface area contributed by atoms with E-state index in [2.05, 4.69) is 4.98 Å². The van der Waals surface area contributed by atoms with E-state index in [4.69, 9.17) is 10.2 Å². The summed E-state index contributed by atoms with van der Waals surface area (Å²) in [5.41, 5.74) is 5.65. The SMILES string of the molecule is NCC(c1cnco1)N1CCC(F)(F)CC1. The lowest BCUT2D eigenvalue weighted by molar-refractivity contribution is -0.0642. The molecule has 2 rings (SSSR count). The molecule has 90 valence electrons. The van der Waals surface area contributed by atoms with Crippen LogP contribution in [0.4, 0.5) is 8.78 Å². The number of alkyl halides is 2. The largest absolute Gasteiger partial charge is 0.447 e. The van der Waals surface area contributed by atoms with Crippen LogP contribution in [0.5, 0.6) is 0 Å². The number of hydrogen-bond acceptors (Lipinski definition) is 4. The lowest BCUT2D eigenvalue weighted by Crippen LogP contribution is -2.43. The first-order valence-corrected chi connectivity index (χ1v) is 5.33. The molecule has 2 N–H and O–H groups in total. The fraction of sp³-hybridized carbons (Fsp3) is 0.700. The van der Waals surface area contributed by atoms with Gasteiger partial charge in [-0.15, -0.1) is 0 Å². The van der Waals surface area contributed by atoms with E-state index < -0.39 is 5.92 Å². The summed E-state index contributed by atoms with van der Waals surface area (Å²) in [6.07, 6.45) is 2.69. The maximum atomic E-state index is 13.0. The van der Waals surface area contributed by atoms with Crippen LogP contribution < -0.4 is 5.73 Å². The van der Waals surface area contributed by atoms with Crippen LogP contribution in [0.2, 0.25) is 0 Å². The van der Waals surface area contributed by atoms with E-state index in [1.807, 2.05) is 4.90 Å². The van der Waals surface area contributed by atoms with Gasteiger partial charge in [-0.05, 0) is 0 Å². The topological polar surface area (TPSA) is 55.3 Å². The summed E-state index contributed by atoms with van der Waals surface area (Å²) < 4.78 is 31.2. The molecule has 0 bridgehead atoms. The summed E-state index contributed by atoms with van der Waals surface area (Å²) in [7, 11) is 0. The minimum atomic E-state index is -2.53. The van der Waals surface area contributed by atoms with Crippen LogP contribution in [0.1, 0.15) is 24.6 Å². The Kier molecular flexibility index (Phi) is 3.20. The van der Waals surface area contributed by atoms with Crippen molar-refractivity contribution in [3.05, 3.63) is 18.4 Å². The van der Waals surface area contributed by atoms with Gasteiger partial charge in [0.15, 0.2) is 6.39 Å². The van der Waals surface area contributed by atoms with Crippen LogP contribution in [-0.2, 0) is 0 Å². The van der Waals surface area contributed by atoms with E-state index in [9.17, 15) is 8.78 Å². The van der Waals surface area contributed by atoms with Crippen molar-refractivity contribution in [1.82, 2.24) is 9.88 Å². The summed E-state index contributed by atoms with van der Waals surface area (Å²) in [6.45, 7) is 1.03. The predicted molar refractivity (Wildman–Crippen MR) is 54.1 cm³/mol. The smallest absolute Gasteiger partial charge is 0.250 e. The standard InChI is InChI=1S/C10H15F2N3O/c11-10(12)1-3-15(4-2-10)8(5-13)9-6-14-7-16-9/h6-8H,1-5,13H2. The zero-order chi connectivity index (χ0) is 11.6. The van der Waals surface area contributed by atoms with Crippen LogP contribution >= 0.6 is 0 Å². The van der Waals surface area contributed by atoms with Crippen LogP contribution in [-0.4, -0.2) is 35.4 Å². The van der Waals surface area contributed by atoms with Gasteiger partial charge < -0.3 is 10.2 Å². The number of rotatable bonds is 3. The average Bonchev–Trinajstić information content (AvgIpc) is 2.75. The highest BCUT2D eigenvalue weighted by molar-refractivity contribution is 5.00. The Hall–Kier alpha value is -1.01. The predicted octanol–water partition coefficient (Wildman–Crippen LogP) is 1.41. The van der Waals surface area contributed by atoms with Crippen molar-refractivity contribution in [2.45, 2.75) is 24.8 Å². The van der Waals surface area contributed by atoms with Gasteiger partial charge in [0.1, 0.15) is 5.76 Å². The van der Waals surface area contributed by atoms with Gasteiger partial charge in [0.2, 0.25) is 0 Å². The minimum absolute atomic E-state index is 0.113. The Morgan fingerprint density at radius 1 is 1.50 bits per heavy atom. The number of hydrogen-bond donors (Lipinski definition) is 1. The first kappa shape index (κ1) is 11.5. The second-order valence-corrected chi connectivity index (χ2v) is 4.05. The van der Waals surface area contributed by atoms with Crippen LogP contribution in [0.15, 0.2) is 17.0 Å². The molecule has 2 heterocycles. The highest BCUT2D eigenvalue weighted by Gasteiger charge is 2.36. The number of nitrogens with zero attached hydrogens (tertiary/aromatic N) is 2. The summed E-state index contributed by atoms with van der Waals surface area (Å²) >= 11 is 0. The number of piperidine rings is 1. The minimum Gasteiger partial charge on any atom is -0.447 e. The van der Waals surface area contributed by atoms with Crippen LogP contribution in [0.25, 0.3) is 0 Å². The number of aromatic nitrogens is 1. The van der Waals surface area contributed by atoms with Crippen molar-refractivity contribution < 1.29 is 13.2 Å². The fourth-order valence-electron chi connectivity index (χ4n) is 2.00. The lowest BCUT2D eigenvalue weighted by Gasteiger charge is -2.35. The maximum absolute atomic E-state index is 13.0. The second kappa shape index (κ2) is 4.47. The van der Waals surface area contributed by atoms with E-state index in [1.165, 1.54) is 6.39 Å². The van der Waals surface area contributed by atoms with Gasteiger partial charge in [-0.1, -0.05) is 0 Å². The first-order valence-electron chi connectivity index (χ1n) is 5.33. The van der Waals surface area contributed by atoms with Crippen LogP contribution in [0, 0.1) is 0 Å². The molecular formula is C10H15F2N3O. The molecule has 1 atom stereocenters. The molecule has 0 aliphatic carbocycles. The molecule has 4 nitrogen and oxygen atoms in total. The summed E-state index contributed by atoms with van der Waals surface area (Å²) in [5, 5.41) is 0. The van der Waals surface area contributed by atoms with E-state index in [1.54, 1.807) is 6.20 Å². The van der Waals surface area contributed by atoms with Gasteiger partial charge in [0, 0.05) is 32.5 Å². The molecule has 6 heteroatoms. The molecule has 16 heavy (non-hydrogen) atoms. The molecule has 1 saturated heterocycles. The Morgan fingerprint density at radius 3 is 2.69 bits per heavy atom. The van der Waals surface area contributed by atoms with Crippen molar-refractivity contribution in [3.8, 4) is 0 Å².